The van der Waals surface area contributed by atoms with Gasteiger partial charge in [-0.15, -0.1) is 0 Å². The van der Waals surface area contributed by atoms with Gasteiger partial charge in [0.2, 0.25) is 5.91 Å². The highest BCUT2D eigenvalue weighted by Crippen LogP contribution is 2.27. The van der Waals surface area contributed by atoms with E-state index in [0.717, 1.165) is 17.1 Å². The van der Waals surface area contributed by atoms with E-state index >= 15 is 0 Å². The molecule has 0 radical (unpaired) electrons. The van der Waals surface area contributed by atoms with Gasteiger partial charge in [0.05, 0.1) is 23.8 Å². The summed E-state index contributed by atoms with van der Waals surface area (Å²) in [6.45, 7) is 2.54. The molecule has 1 aliphatic heterocycles. The number of para-hydroxylation sites is 1. The second-order valence-corrected chi connectivity index (χ2v) is 8.78. The van der Waals surface area contributed by atoms with Crippen LogP contribution >= 0.6 is 0 Å². The molecule has 0 aromatic heterocycles. The molecule has 1 amide bonds. The van der Waals surface area contributed by atoms with Crippen LogP contribution in [-0.2, 0) is 19.6 Å². The molecular formula is C21H26N2O5S. The Morgan fingerprint density at radius 2 is 2.00 bits per heavy atom. The van der Waals surface area contributed by atoms with Crippen LogP contribution in [0.5, 0.6) is 5.75 Å². The molecule has 1 unspecified atom stereocenters. The maximum atomic E-state index is 13.4. The van der Waals surface area contributed by atoms with E-state index in [-0.39, 0.29) is 23.5 Å². The number of nitrogens with zero attached hydrogens (tertiary/aromatic N) is 1. The molecule has 7 nitrogen and oxygen atoms in total. The van der Waals surface area contributed by atoms with Crippen LogP contribution in [0.25, 0.3) is 0 Å². The predicted octanol–water partition coefficient (Wildman–Crippen LogP) is 2.49. The van der Waals surface area contributed by atoms with Gasteiger partial charge in [-0.1, -0.05) is 18.2 Å². The first-order valence-electron chi connectivity index (χ1n) is 9.52. The van der Waals surface area contributed by atoms with Crippen LogP contribution in [0.2, 0.25) is 0 Å². The summed E-state index contributed by atoms with van der Waals surface area (Å²) < 4.78 is 38.6. The van der Waals surface area contributed by atoms with E-state index in [1.807, 2.05) is 0 Å². The Morgan fingerprint density at radius 1 is 1.24 bits per heavy atom. The van der Waals surface area contributed by atoms with Crippen LogP contribution in [0.4, 0.5) is 5.69 Å². The summed E-state index contributed by atoms with van der Waals surface area (Å²) in [5.74, 6) is 0.225. The molecule has 1 fully saturated rings. The average Bonchev–Trinajstić information content (AvgIpc) is 3.24. The van der Waals surface area contributed by atoms with Crippen molar-refractivity contribution in [3.8, 4) is 5.75 Å². The van der Waals surface area contributed by atoms with E-state index in [9.17, 15) is 13.2 Å². The summed E-state index contributed by atoms with van der Waals surface area (Å²) in [5, 5.41) is 2.79. The summed E-state index contributed by atoms with van der Waals surface area (Å²) in [5.41, 5.74) is 1.12. The van der Waals surface area contributed by atoms with Crippen LogP contribution in [0.1, 0.15) is 18.4 Å². The van der Waals surface area contributed by atoms with Crippen molar-refractivity contribution in [3.05, 3.63) is 54.1 Å². The van der Waals surface area contributed by atoms with Crippen molar-refractivity contribution in [1.82, 2.24) is 5.32 Å². The van der Waals surface area contributed by atoms with E-state index in [0.29, 0.717) is 30.2 Å². The third-order valence-corrected chi connectivity index (χ3v) is 6.61. The maximum absolute atomic E-state index is 13.4. The Hall–Kier alpha value is -2.58. The monoisotopic (exact) mass is 418 g/mol. The zero-order valence-corrected chi connectivity index (χ0v) is 17.4. The van der Waals surface area contributed by atoms with E-state index in [1.165, 1.54) is 13.2 Å². The second kappa shape index (κ2) is 9.28. The standard InChI is InChI=1S/C21H26N2O5S/c1-16-13-19(10-11-20(16)27-2)29(25,26)23(17-7-4-3-5-8-17)15-21(24)22-14-18-9-6-12-28-18/h3-5,7-8,10-11,13,18H,6,9,12,14-15H2,1-2H3,(H,22,24). The molecule has 0 saturated carbocycles. The largest absolute Gasteiger partial charge is 0.496 e. The Morgan fingerprint density at radius 3 is 2.62 bits per heavy atom. The topological polar surface area (TPSA) is 84.9 Å². The number of nitrogens with one attached hydrogen (secondary N) is 1. The van der Waals surface area contributed by atoms with E-state index in [4.69, 9.17) is 9.47 Å². The molecule has 1 N–H and O–H groups in total. The van der Waals surface area contributed by atoms with Gasteiger partial charge in [-0.05, 0) is 55.7 Å². The van der Waals surface area contributed by atoms with E-state index < -0.39 is 10.0 Å². The highest BCUT2D eigenvalue weighted by molar-refractivity contribution is 7.92. The average molecular weight is 419 g/mol. The quantitative estimate of drug-likeness (QED) is 0.712. The third-order valence-electron chi connectivity index (χ3n) is 4.84. The number of aryl methyl sites for hydroxylation is 1. The Labute approximate surface area is 171 Å². The van der Waals surface area contributed by atoms with Gasteiger partial charge >= 0.3 is 0 Å². The van der Waals surface area contributed by atoms with Crippen LogP contribution in [0.3, 0.4) is 0 Å². The number of ether oxygens (including phenoxy) is 2. The summed E-state index contributed by atoms with van der Waals surface area (Å²) in [4.78, 5) is 12.6. The first-order valence-corrected chi connectivity index (χ1v) is 11.0. The lowest BCUT2D eigenvalue weighted by Gasteiger charge is -2.24. The molecule has 29 heavy (non-hydrogen) atoms. The number of hydrogen-bond donors (Lipinski definition) is 1. The summed E-state index contributed by atoms with van der Waals surface area (Å²) in [6, 6.07) is 13.3. The van der Waals surface area contributed by atoms with Crippen molar-refractivity contribution < 1.29 is 22.7 Å². The Kier molecular flexibility index (Phi) is 6.76. The smallest absolute Gasteiger partial charge is 0.264 e. The number of rotatable bonds is 8. The molecule has 1 aliphatic rings. The van der Waals surface area contributed by atoms with Gasteiger partial charge < -0.3 is 14.8 Å². The maximum Gasteiger partial charge on any atom is 0.264 e. The van der Waals surface area contributed by atoms with Crippen LogP contribution in [0, 0.1) is 6.92 Å². The third kappa shape index (κ3) is 5.07. The lowest BCUT2D eigenvalue weighted by atomic mass is 10.2. The molecule has 1 saturated heterocycles. The molecule has 0 spiro atoms. The Bertz CT molecular complexity index is 941. The first-order chi connectivity index (χ1) is 13.9. The summed E-state index contributed by atoms with van der Waals surface area (Å²) in [7, 11) is -2.42. The molecular weight excluding hydrogens is 392 g/mol. The van der Waals surface area contributed by atoms with Crippen LogP contribution in [-0.4, -0.2) is 47.2 Å². The number of carbonyl (C=O) groups is 1. The van der Waals surface area contributed by atoms with Crippen molar-refractivity contribution >= 4 is 21.6 Å². The van der Waals surface area contributed by atoms with Crippen molar-refractivity contribution in [2.45, 2.75) is 30.8 Å². The predicted molar refractivity (Wildman–Crippen MR) is 111 cm³/mol. The van der Waals surface area contributed by atoms with Crippen molar-refractivity contribution in [2.75, 3.05) is 31.1 Å². The van der Waals surface area contributed by atoms with Crippen molar-refractivity contribution in [2.24, 2.45) is 0 Å². The van der Waals surface area contributed by atoms with Gasteiger partial charge in [-0.3, -0.25) is 9.10 Å². The zero-order valence-electron chi connectivity index (χ0n) is 16.6. The van der Waals surface area contributed by atoms with Crippen molar-refractivity contribution in [3.63, 3.8) is 0 Å². The van der Waals surface area contributed by atoms with Crippen molar-refractivity contribution in [1.29, 1.82) is 0 Å². The number of hydrogen-bond acceptors (Lipinski definition) is 5. The second-order valence-electron chi connectivity index (χ2n) is 6.92. The van der Waals surface area contributed by atoms with Gasteiger partial charge in [0.15, 0.2) is 0 Å². The normalized spacial score (nSPS) is 16.4. The molecule has 2 aromatic carbocycles. The number of benzene rings is 2. The zero-order chi connectivity index (χ0) is 20.9. The minimum absolute atomic E-state index is 0.00929. The molecule has 3 rings (SSSR count). The molecule has 0 bridgehead atoms. The fraction of sp³-hybridized carbons (Fsp3) is 0.381. The first kappa shape index (κ1) is 21.1. The molecule has 1 atom stereocenters. The van der Waals surface area contributed by atoms with Gasteiger partial charge in [0, 0.05) is 13.2 Å². The molecule has 2 aromatic rings. The minimum atomic E-state index is -3.95. The molecule has 0 aliphatic carbocycles. The SMILES string of the molecule is COc1ccc(S(=O)(=O)N(CC(=O)NCC2CCCO2)c2ccccc2)cc1C. The number of amides is 1. The molecule has 1 heterocycles. The molecule has 8 heteroatoms. The fourth-order valence-electron chi connectivity index (χ4n) is 3.27. The minimum Gasteiger partial charge on any atom is -0.496 e. The van der Waals surface area contributed by atoms with Crippen LogP contribution < -0.4 is 14.4 Å². The lowest BCUT2D eigenvalue weighted by Crippen LogP contribution is -2.42. The Balaban J connectivity index is 1.84. The number of sulfonamides is 1. The van der Waals surface area contributed by atoms with Gasteiger partial charge in [0.1, 0.15) is 12.3 Å². The fourth-order valence-corrected chi connectivity index (χ4v) is 4.77. The highest BCUT2D eigenvalue weighted by Gasteiger charge is 2.28. The van der Waals surface area contributed by atoms with Gasteiger partial charge in [-0.2, -0.15) is 0 Å². The summed E-state index contributed by atoms with van der Waals surface area (Å²) >= 11 is 0. The van der Waals surface area contributed by atoms with Gasteiger partial charge in [0.25, 0.3) is 10.0 Å². The van der Waals surface area contributed by atoms with Crippen LogP contribution in [0.15, 0.2) is 53.4 Å². The number of anilines is 1. The highest BCUT2D eigenvalue weighted by atomic mass is 32.2. The van der Waals surface area contributed by atoms with E-state index in [1.54, 1.807) is 49.4 Å². The number of carbonyl (C=O) groups excluding carboxylic acids is 1. The lowest BCUT2D eigenvalue weighted by molar-refractivity contribution is -0.120. The number of methoxy groups -OCH3 is 1. The van der Waals surface area contributed by atoms with E-state index in [2.05, 4.69) is 5.32 Å². The summed E-state index contributed by atoms with van der Waals surface area (Å²) in [6.07, 6.45) is 1.86. The van der Waals surface area contributed by atoms with Gasteiger partial charge in [-0.25, -0.2) is 8.42 Å². The molecule has 156 valence electrons.